The van der Waals surface area contributed by atoms with Gasteiger partial charge in [0.2, 0.25) is 5.91 Å². The summed E-state index contributed by atoms with van der Waals surface area (Å²) in [6.45, 7) is 3.28. The lowest BCUT2D eigenvalue weighted by molar-refractivity contribution is -0.384. The normalized spacial score (nSPS) is 9.40. The molecule has 0 atom stereocenters. The molecule has 6 heteroatoms. The Morgan fingerprint density at radius 2 is 2.27 bits per heavy atom. The van der Waals surface area contributed by atoms with E-state index in [4.69, 9.17) is 0 Å². The highest BCUT2D eigenvalue weighted by molar-refractivity contribution is 9.10. The van der Waals surface area contributed by atoms with Crippen LogP contribution < -0.4 is 5.32 Å². The van der Waals surface area contributed by atoms with E-state index in [0.717, 1.165) is 6.08 Å². The Hall–Kier alpha value is -1.69. The van der Waals surface area contributed by atoms with Crippen LogP contribution in [0.5, 0.6) is 0 Å². The Kier molecular flexibility index (Phi) is 3.56. The van der Waals surface area contributed by atoms with Crippen LogP contribution in [0, 0.1) is 10.1 Å². The summed E-state index contributed by atoms with van der Waals surface area (Å²) in [5.41, 5.74) is 0.256. The van der Waals surface area contributed by atoms with E-state index in [2.05, 4.69) is 27.8 Å². The van der Waals surface area contributed by atoms with E-state index < -0.39 is 10.8 Å². The van der Waals surface area contributed by atoms with Crippen molar-refractivity contribution in [3.63, 3.8) is 0 Å². The number of carbonyl (C=O) groups excluding carboxylic acids is 1. The molecule has 0 saturated heterocycles. The first-order valence-corrected chi connectivity index (χ1v) is 4.71. The molecule has 0 aromatic heterocycles. The number of rotatable bonds is 3. The third-order valence-corrected chi connectivity index (χ3v) is 2.30. The first-order valence-electron chi connectivity index (χ1n) is 3.92. The smallest absolute Gasteiger partial charge is 0.271 e. The lowest BCUT2D eigenvalue weighted by Crippen LogP contribution is -2.08. The van der Waals surface area contributed by atoms with Gasteiger partial charge in [0.25, 0.3) is 5.69 Å². The second-order valence-electron chi connectivity index (χ2n) is 2.61. The number of non-ortho nitro benzene ring substituents is 1. The zero-order valence-corrected chi connectivity index (χ0v) is 9.15. The number of nitro groups is 1. The van der Waals surface area contributed by atoms with Crippen molar-refractivity contribution in [2.75, 3.05) is 5.32 Å². The predicted octanol–water partition coefficient (Wildman–Crippen LogP) is 2.48. The van der Waals surface area contributed by atoms with E-state index in [-0.39, 0.29) is 5.69 Å². The van der Waals surface area contributed by atoms with Gasteiger partial charge in [0, 0.05) is 16.6 Å². The fraction of sp³-hybridized carbons (Fsp3) is 0. The highest BCUT2D eigenvalue weighted by Gasteiger charge is 2.10. The average molecular weight is 271 g/mol. The molecule has 0 unspecified atom stereocenters. The van der Waals surface area contributed by atoms with E-state index in [1.54, 1.807) is 0 Å². The average Bonchev–Trinajstić information content (AvgIpc) is 2.20. The molecule has 0 fully saturated rings. The van der Waals surface area contributed by atoms with Crippen LogP contribution in [-0.2, 0) is 4.79 Å². The van der Waals surface area contributed by atoms with E-state index in [0.29, 0.717) is 10.2 Å². The molecule has 0 bridgehead atoms. The summed E-state index contributed by atoms with van der Waals surface area (Å²) in [7, 11) is 0. The van der Waals surface area contributed by atoms with Crippen LogP contribution in [0.25, 0.3) is 0 Å². The number of amides is 1. The molecule has 1 N–H and O–H groups in total. The van der Waals surface area contributed by atoms with Gasteiger partial charge >= 0.3 is 0 Å². The van der Waals surface area contributed by atoms with Crippen molar-refractivity contribution in [3.8, 4) is 0 Å². The molecule has 0 aliphatic rings. The number of carbonyl (C=O) groups is 1. The number of halogens is 1. The standard InChI is InChI=1S/C9H7BrN2O3/c1-2-9(13)11-8-5-6(12(14)15)3-4-7(8)10/h2-5H,1H2,(H,11,13). The quantitative estimate of drug-likeness (QED) is 0.521. The summed E-state index contributed by atoms with van der Waals surface area (Å²) in [5.74, 6) is -0.420. The second-order valence-corrected chi connectivity index (χ2v) is 3.47. The molecular weight excluding hydrogens is 264 g/mol. The van der Waals surface area contributed by atoms with Crippen LogP contribution in [0.3, 0.4) is 0 Å². The minimum Gasteiger partial charge on any atom is -0.321 e. The van der Waals surface area contributed by atoms with Gasteiger partial charge in [-0.05, 0) is 28.1 Å². The van der Waals surface area contributed by atoms with E-state index in [1.165, 1.54) is 18.2 Å². The fourth-order valence-electron chi connectivity index (χ4n) is 0.906. The van der Waals surface area contributed by atoms with Gasteiger partial charge in [-0.1, -0.05) is 6.58 Å². The van der Waals surface area contributed by atoms with Gasteiger partial charge in [-0.25, -0.2) is 0 Å². The minimum absolute atomic E-state index is 0.0856. The molecule has 1 amide bonds. The summed E-state index contributed by atoms with van der Waals surface area (Å²) in [6, 6.07) is 4.11. The van der Waals surface area contributed by atoms with Crippen LogP contribution in [-0.4, -0.2) is 10.8 Å². The molecular formula is C9H7BrN2O3. The number of anilines is 1. The van der Waals surface area contributed by atoms with Crippen LogP contribution in [0.4, 0.5) is 11.4 Å². The molecule has 0 aliphatic heterocycles. The van der Waals surface area contributed by atoms with Gasteiger partial charge in [0.15, 0.2) is 0 Å². The summed E-state index contributed by atoms with van der Waals surface area (Å²) >= 11 is 3.17. The number of nitro benzene ring substituents is 1. The topological polar surface area (TPSA) is 72.2 Å². The Morgan fingerprint density at radius 3 is 2.80 bits per heavy atom. The zero-order valence-electron chi connectivity index (χ0n) is 7.57. The molecule has 1 aromatic carbocycles. The highest BCUT2D eigenvalue weighted by atomic mass is 79.9. The maximum atomic E-state index is 11.0. The van der Waals surface area contributed by atoms with Gasteiger partial charge in [-0.2, -0.15) is 0 Å². The first kappa shape index (κ1) is 11.4. The minimum atomic E-state index is -0.532. The predicted molar refractivity (Wildman–Crippen MR) is 59.6 cm³/mol. The molecule has 0 radical (unpaired) electrons. The van der Waals surface area contributed by atoms with Crippen LogP contribution >= 0.6 is 15.9 Å². The largest absolute Gasteiger partial charge is 0.321 e. The van der Waals surface area contributed by atoms with Crippen molar-refractivity contribution < 1.29 is 9.72 Å². The molecule has 0 aliphatic carbocycles. The Balaban J connectivity index is 3.05. The van der Waals surface area contributed by atoms with Crippen molar-refractivity contribution in [1.82, 2.24) is 0 Å². The summed E-state index contributed by atoms with van der Waals surface area (Å²) in [4.78, 5) is 20.9. The van der Waals surface area contributed by atoms with Crippen molar-refractivity contribution in [2.45, 2.75) is 0 Å². The number of nitrogens with one attached hydrogen (secondary N) is 1. The summed E-state index contributed by atoms with van der Waals surface area (Å²) < 4.78 is 0.573. The molecule has 1 rings (SSSR count). The number of hydrogen-bond acceptors (Lipinski definition) is 3. The maximum absolute atomic E-state index is 11.0. The van der Waals surface area contributed by atoms with Crippen molar-refractivity contribution in [2.24, 2.45) is 0 Å². The molecule has 1 aromatic rings. The van der Waals surface area contributed by atoms with Gasteiger partial charge in [0.05, 0.1) is 10.6 Å². The zero-order chi connectivity index (χ0) is 11.4. The van der Waals surface area contributed by atoms with Crippen molar-refractivity contribution in [3.05, 3.63) is 45.4 Å². The molecule has 0 heterocycles. The van der Waals surface area contributed by atoms with E-state index in [1.807, 2.05) is 0 Å². The lowest BCUT2D eigenvalue weighted by Gasteiger charge is -2.04. The van der Waals surface area contributed by atoms with E-state index in [9.17, 15) is 14.9 Å². The van der Waals surface area contributed by atoms with Crippen molar-refractivity contribution in [1.29, 1.82) is 0 Å². The number of hydrogen-bond donors (Lipinski definition) is 1. The van der Waals surface area contributed by atoms with Crippen LogP contribution in [0.15, 0.2) is 35.3 Å². The van der Waals surface area contributed by atoms with Crippen molar-refractivity contribution >= 4 is 33.2 Å². The molecule has 5 nitrogen and oxygen atoms in total. The molecule has 78 valence electrons. The number of benzene rings is 1. The van der Waals surface area contributed by atoms with Gasteiger partial charge < -0.3 is 5.32 Å². The highest BCUT2D eigenvalue weighted by Crippen LogP contribution is 2.26. The number of nitrogens with zero attached hydrogens (tertiary/aromatic N) is 1. The Morgan fingerprint density at radius 1 is 1.60 bits per heavy atom. The van der Waals surface area contributed by atoms with Gasteiger partial charge in [0.1, 0.15) is 0 Å². The Labute approximate surface area is 94.1 Å². The maximum Gasteiger partial charge on any atom is 0.271 e. The van der Waals surface area contributed by atoms with Crippen LogP contribution in [0.1, 0.15) is 0 Å². The first-order chi connectivity index (χ1) is 7.04. The monoisotopic (exact) mass is 270 g/mol. The SMILES string of the molecule is C=CC(=O)Nc1cc([N+](=O)[O-])ccc1Br. The van der Waals surface area contributed by atoms with Gasteiger partial charge in [-0.3, -0.25) is 14.9 Å². The fourth-order valence-corrected chi connectivity index (χ4v) is 1.25. The second kappa shape index (κ2) is 4.70. The molecule has 15 heavy (non-hydrogen) atoms. The van der Waals surface area contributed by atoms with E-state index >= 15 is 0 Å². The van der Waals surface area contributed by atoms with Crippen LogP contribution in [0.2, 0.25) is 0 Å². The Bertz CT molecular complexity index is 431. The third kappa shape index (κ3) is 2.88. The molecule has 0 saturated carbocycles. The molecule has 0 spiro atoms. The summed E-state index contributed by atoms with van der Waals surface area (Å²) in [6.07, 6.45) is 1.09. The lowest BCUT2D eigenvalue weighted by atomic mass is 10.3. The van der Waals surface area contributed by atoms with Gasteiger partial charge in [-0.15, -0.1) is 0 Å². The third-order valence-electron chi connectivity index (χ3n) is 1.60. The summed E-state index contributed by atoms with van der Waals surface area (Å²) in [5, 5.41) is 12.9.